The van der Waals surface area contributed by atoms with Gasteiger partial charge in [-0.05, 0) is 37.5 Å². The first-order chi connectivity index (χ1) is 17.7. The molecule has 1 aliphatic heterocycles. The van der Waals surface area contributed by atoms with Gasteiger partial charge in [0.2, 0.25) is 11.7 Å². The summed E-state index contributed by atoms with van der Waals surface area (Å²) in [4.78, 5) is 58.3. The number of halogens is 1. The van der Waals surface area contributed by atoms with Crippen LogP contribution < -0.4 is 5.32 Å². The van der Waals surface area contributed by atoms with E-state index in [1.54, 1.807) is 21.0 Å². The molecule has 0 saturated carbocycles. The summed E-state index contributed by atoms with van der Waals surface area (Å²) in [5.41, 5.74) is 0.492. The minimum Gasteiger partial charge on any atom is -0.462 e. The Morgan fingerprint density at radius 3 is 2.49 bits per heavy atom. The number of ketones is 1. The van der Waals surface area contributed by atoms with Gasteiger partial charge in [0.15, 0.2) is 0 Å². The number of esters is 1. The Morgan fingerprint density at radius 2 is 1.84 bits per heavy atom. The molecule has 1 N–H and O–H groups in total. The van der Waals surface area contributed by atoms with Crippen LogP contribution in [-0.2, 0) is 25.7 Å². The molecule has 0 spiro atoms. The number of likely N-dealkylation sites (N-methyl/N-ethyl adjacent to an activating group) is 1. The van der Waals surface area contributed by atoms with Gasteiger partial charge in [0, 0.05) is 26.5 Å². The number of hydrogen-bond donors (Lipinski definition) is 1. The quantitative estimate of drug-likeness (QED) is 0.132. The van der Waals surface area contributed by atoms with Crippen LogP contribution in [0.4, 0.5) is 4.79 Å². The highest BCUT2D eigenvalue weighted by molar-refractivity contribution is 6.35. The smallest absolute Gasteiger partial charge is 0.412 e. The predicted molar refractivity (Wildman–Crippen MR) is 135 cm³/mol. The largest absolute Gasteiger partial charge is 0.462 e. The molecule has 1 unspecified atom stereocenters. The van der Waals surface area contributed by atoms with E-state index in [2.05, 4.69) is 10.3 Å². The van der Waals surface area contributed by atoms with E-state index in [1.807, 2.05) is 30.3 Å². The number of nitrogens with one attached hydrogen (secondary N) is 1. The maximum atomic E-state index is 13.1. The molecule has 10 nitrogen and oxygen atoms in total. The van der Waals surface area contributed by atoms with Crippen LogP contribution >= 0.6 is 11.6 Å². The van der Waals surface area contributed by atoms with Gasteiger partial charge in [-0.15, -0.1) is 0 Å². The fraction of sp³-hybridized carbons (Fsp3) is 0.346. The highest BCUT2D eigenvalue weighted by Crippen LogP contribution is 2.26. The Labute approximate surface area is 220 Å². The Balaban J connectivity index is 1.86. The SMILES string of the molecule is CCOC(=O)C(=CNC1CC[C@@H](C(=O)N(C)C)N1C(=O)OCc1ccccc1)C(=O)c1cccnc1Cl. The molecule has 1 aromatic heterocycles. The van der Waals surface area contributed by atoms with Crippen molar-refractivity contribution >= 4 is 35.4 Å². The van der Waals surface area contributed by atoms with E-state index in [-0.39, 0.29) is 35.4 Å². The number of carbonyl (C=O) groups is 4. The molecule has 1 aromatic carbocycles. The van der Waals surface area contributed by atoms with Crippen molar-refractivity contribution in [2.75, 3.05) is 20.7 Å². The Morgan fingerprint density at radius 1 is 1.11 bits per heavy atom. The molecule has 0 aliphatic carbocycles. The van der Waals surface area contributed by atoms with Gasteiger partial charge in [-0.1, -0.05) is 41.9 Å². The molecule has 1 fully saturated rings. The van der Waals surface area contributed by atoms with Crippen LogP contribution in [0, 0.1) is 0 Å². The predicted octanol–water partition coefficient (Wildman–Crippen LogP) is 3.17. The van der Waals surface area contributed by atoms with E-state index < -0.39 is 30.1 Å². The molecule has 2 aromatic rings. The van der Waals surface area contributed by atoms with E-state index in [0.29, 0.717) is 12.8 Å². The van der Waals surface area contributed by atoms with E-state index >= 15 is 0 Å². The van der Waals surface area contributed by atoms with Crippen molar-refractivity contribution in [3.8, 4) is 0 Å². The summed E-state index contributed by atoms with van der Waals surface area (Å²) < 4.78 is 10.6. The number of nitrogens with zero attached hydrogens (tertiary/aromatic N) is 3. The van der Waals surface area contributed by atoms with Gasteiger partial charge in [-0.3, -0.25) is 14.5 Å². The fourth-order valence-corrected chi connectivity index (χ4v) is 4.07. The van der Waals surface area contributed by atoms with Gasteiger partial charge in [-0.2, -0.15) is 0 Å². The Hall–Kier alpha value is -3.92. The van der Waals surface area contributed by atoms with Crippen molar-refractivity contribution in [3.05, 3.63) is 76.7 Å². The van der Waals surface area contributed by atoms with Gasteiger partial charge < -0.3 is 19.7 Å². The third-order valence-corrected chi connectivity index (χ3v) is 5.99. The number of amides is 2. The van der Waals surface area contributed by atoms with Crippen LogP contribution in [0.3, 0.4) is 0 Å². The zero-order valence-corrected chi connectivity index (χ0v) is 21.6. The first-order valence-electron chi connectivity index (χ1n) is 11.7. The van der Waals surface area contributed by atoms with Crippen LogP contribution in [0.2, 0.25) is 5.15 Å². The molecule has 1 saturated heterocycles. The standard InChI is InChI=1S/C26H29ClN4O6/c1-4-36-25(34)19(22(32)18-11-8-14-28-23(18)27)15-29-21-13-12-20(24(33)30(2)3)31(21)26(35)37-16-17-9-6-5-7-10-17/h5-11,14-15,20-21,29H,4,12-13,16H2,1-3H3/t20-,21?/m0/s1. The maximum absolute atomic E-state index is 13.1. The molecule has 11 heteroatoms. The first-order valence-corrected chi connectivity index (χ1v) is 12.1. The molecule has 2 amide bonds. The normalized spacial score (nSPS) is 17.2. The van der Waals surface area contributed by atoms with Crippen molar-refractivity contribution in [3.63, 3.8) is 0 Å². The zero-order valence-electron chi connectivity index (χ0n) is 20.8. The minimum atomic E-state index is -0.864. The summed E-state index contributed by atoms with van der Waals surface area (Å²) in [5, 5.41) is 2.89. The summed E-state index contributed by atoms with van der Waals surface area (Å²) >= 11 is 6.06. The number of rotatable bonds is 9. The number of carbonyl (C=O) groups excluding carboxylic acids is 4. The minimum absolute atomic E-state index is 0.0215. The molecule has 0 radical (unpaired) electrons. The average molecular weight is 529 g/mol. The highest BCUT2D eigenvalue weighted by atomic mass is 35.5. The zero-order chi connectivity index (χ0) is 26.9. The lowest BCUT2D eigenvalue weighted by atomic mass is 10.1. The van der Waals surface area contributed by atoms with Gasteiger partial charge in [0.1, 0.15) is 29.5 Å². The number of ether oxygens (including phenoxy) is 2. The number of hydrogen-bond acceptors (Lipinski definition) is 8. The van der Waals surface area contributed by atoms with Crippen LogP contribution in [0.1, 0.15) is 35.7 Å². The second-order valence-electron chi connectivity index (χ2n) is 8.41. The average Bonchev–Trinajstić information content (AvgIpc) is 3.31. The van der Waals surface area contributed by atoms with Crippen molar-refractivity contribution in [1.29, 1.82) is 0 Å². The third-order valence-electron chi connectivity index (χ3n) is 5.69. The van der Waals surface area contributed by atoms with E-state index in [9.17, 15) is 19.2 Å². The van der Waals surface area contributed by atoms with E-state index in [0.717, 1.165) is 5.56 Å². The number of likely N-dealkylation sites (tertiary alicyclic amines) is 1. The monoisotopic (exact) mass is 528 g/mol. The molecule has 2 heterocycles. The number of Topliss-reactive ketones (excluding diaryl/α,β-unsaturated/α-hetero) is 1. The molecule has 3 rings (SSSR count). The molecule has 0 bridgehead atoms. The Kier molecular flexibility index (Phi) is 9.62. The lowest BCUT2D eigenvalue weighted by molar-refractivity contribution is -0.138. The van der Waals surface area contributed by atoms with Crippen molar-refractivity contribution < 1.29 is 28.7 Å². The highest BCUT2D eigenvalue weighted by Gasteiger charge is 2.42. The summed E-state index contributed by atoms with van der Waals surface area (Å²) in [5.74, 6) is -1.83. The van der Waals surface area contributed by atoms with Crippen LogP contribution in [-0.4, -0.2) is 71.4 Å². The Bertz CT molecular complexity index is 1170. The topological polar surface area (TPSA) is 118 Å². The summed E-state index contributed by atoms with van der Waals surface area (Å²) in [6.07, 6.45) is 1.92. The van der Waals surface area contributed by atoms with Crippen molar-refractivity contribution in [1.82, 2.24) is 20.1 Å². The lowest BCUT2D eigenvalue weighted by Crippen LogP contribution is -2.52. The van der Waals surface area contributed by atoms with Gasteiger partial charge in [0.05, 0.1) is 12.2 Å². The molecular formula is C26H29ClN4O6. The van der Waals surface area contributed by atoms with Gasteiger partial charge >= 0.3 is 12.1 Å². The van der Waals surface area contributed by atoms with Gasteiger partial charge in [-0.25, -0.2) is 14.6 Å². The number of benzene rings is 1. The van der Waals surface area contributed by atoms with Crippen molar-refractivity contribution in [2.24, 2.45) is 0 Å². The van der Waals surface area contributed by atoms with Crippen LogP contribution in [0.5, 0.6) is 0 Å². The van der Waals surface area contributed by atoms with Crippen LogP contribution in [0.15, 0.2) is 60.4 Å². The van der Waals surface area contributed by atoms with Crippen molar-refractivity contribution in [2.45, 2.75) is 38.6 Å². The molecule has 2 atom stereocenters. The number of pyridine rings is 1. The third kappa shape index (κ3) is 6.85. The summed E-state index contributed by atoms with van der Waals surface area (Å²) in [6, 6.07) is 11.3. The molecule has 196 valence electrons. The van der Waals surface area contributed by atoms with Crippen LogP contribution in [0.25, 0.3) is 0 Å². The first kappa shape index (κ1) is 27.7. The summed E-state index contributed by atoms with van der Waals surface area (Å²) in [6.45, 7) is 1.68. The molecule has 37 heavy (non-hydrogen) atoms. The molecule has 1 aliphatic rings. The summed E-state index contributed by atoms with van der Waals surface area (Å²) in [7, 11) is 3.21. The second kappa shape index (κ2) is 12.9. The fourth-order valence-electron chi connectivity index (χ4n) is 3.87. The molecular weight excluding hydrogens is 500 g/mol. The van der Waals surface area contributed by atoms with E-state index in [4.69, 9.17) is 21.1 Å². The number of aromatic nitrogens is 1. The second-order valence-corrected chi connectivity index (χ2v) is 8.76. The lowest BCUT2D eigenvalue weighted by Gasteiger charge is -2.30. The van der Waals surface area contributed by atoms with E-state index in [1.165, 1.54) is 34.3 Å². The maximum Gasteiger partial charge on any atom is 0.412 e. The van der Waals surface area contributed by atoms with Gasteiger partial charge in [0.25, 0.3) is 0 Å².